The molecule has 0 aliphatic carbocycles. The topological polar surface area (TPSA) is 68.0 Å². The van der Waals surface area contributed by atoms with Crippen LogP contribution in [0.1, 0.15) is 10.5 Å². The summed E-state index contributed by atoms with van der Waals surface area (Å²) in [5.41, 5.74) is 3.94. The first kappa shape index (κ1) is 13.5. The van der Waals surface area contributed by atoms with E-state index in [0.717, 1.165) is 21.9 Å². The quantitative estimate of drug-likeness (QED) is 0.330. The van der Waals surface area contributed by atoms with Gasteiger partial charge in [-0.1, -0.05) is 66.2 Å². The number of nitrogens with two attached hydrogens (primary N) is 1. The van der Waals surface area contributed by atoms with Gasteiger partial charge in [-0.15, -0.1) is 0 Å². The van der Waals surface area contributed by atoms with Gasteiger partial charge < -0.3 is 0 Å². The number of nitrogen functional groups attached to an aromatic ring is 1. The van der Waals surface area contributed by atoms with E-state index in [9.17, 15) is 4.79 Å². The Bertz CT molecular complexity index is 818. The number of nitrogens with zero attached hydrogens (tertiary/aromatic N) is 1. The third kappa shape index (κ3) is 2.35. The van der Waals surface area contributed by atoms with Crippen LogP contribution in [0.15, 0.2) is 54.6 Å². The first-order valence-corrected chi connectivity index (χ1v) is 6.74. The minimum absolute atomic E-state index is 0.215. The highest BCUT2D eigenvalue weighted by atomic mass is 35.5. The van der Waals surface area contributed by atoms with Gasteiger partial charge in [0.25, 0.3) is 5.91 Å². The number of pyridine rings is 1. The number of halogens is 1. The van der Waals surface area contributed by atoms with E-state index in [4.69, 9.17) is 17.4 Å². The first-order valence-electron chi connectivity index (χ1n) is 6.37. The summed E-state index contributed by atoms with van der Waals surface area (Å²) >= 11 is 6.19. The normalized spacial score (nSPS) is 10.6. The number of carbonyl (C=O) groups is 1. The second-order valence-electron chi connectivity index (χ2n) is 4.51. The lowest BCUT2D eigenvalue weighted by Gasteiger charge is -2.12. The number of rotatable bonds is 2. The predicted molar refractivity (Wildman–Crippen MR) is 83.8 cm³/mol. The van der Waals surface area contributed by atoms with Gasteiger partial charge in [0.15, 0.2) is 0 Å². The molecule has 1 amide bonds. The van der Waals surface area contributed by atoms with Crippen molar-refractivity contribution in [3.8, 4) is 11.1 Å². The Morgan fingerprint density at radius 3 is 2.29 bits per heavy atom. The molecule has 0 unspecified atom stereocenters. The Kier molecular flexibility index (Phi) is 3.56. The van der Waals surface area contributed by atoms with Crippen LogP contribution >= 0.6 is 11.6 Å². The number of carbonyl (C=O) groups excluding carboxylic acids is 1. The molecule has 0 fully saturated rings. The third-order valence-corrected chi connectivity index (χ3v) is 3.56. The van der Waals surface area contributed by atoms with Gasteiger partial charge in [-0.2, -0.15) is 0 Å². The molecule has 0 saturated carbocycles. The summed E-state index contributed by atoms with van der Waals surface area (Å²) in [6, 6.07) is 17.1. The lowest BCUT2D eigenvalue weighted by Crippen LogP contribution is -2.31. The van der Waals surface area contributed by atoms with Crippen molar-refractivity contribution in [1.29, 1.82) is 0 Å². The number of fused-ring (bicyclic) bond motifs is 1. The van der Waals surface area contributed by atoms with Crippen molar-refractivity contribution in [2.75, 3.05) is 0 Å². The average Bonchev–Trinajstić information content (AvgIpc) is 2.55. The fraction of sp³-hybridized carbons (Fsp3) is 0. The van der Waals surface area contributed by atoms with Crippen LogP contribution in [0.3, 0.4) is 0 Å². The maximum atomic E-state index is 12.0. The summed E-state index contributed by atoms with van der Waals surface area (Å²) in [7, 11) is 0. The van der Waals surface area contributed by atoms with Crippen LogP contribution in [0.25, 0.3) is 21.9 Å². The maximum absolute atomic E-state index is 12.0. The predicted octanol–water partition coefficient (Wildman–Crippen LogP) is 3.16. The number of amides is 1. The Labute approximate surface area is 126 Å². The Morgan fingerprint density at radius 2 is 1.62 bits per heavy atom. The summed E-state index contributed by atoms with van der Waals surface area (Å²) in [4.78, 5) is 16.3. The van der Waals surface area contributed by atoms with Crippen LogP contribution in [-0.4, -0.2) is 10.9 Å². The van der Waals surface area contributed by atoms with Gasteiger partial charge >= 0.3 is 0 Å². The first-order chi connectivity index (χ1) is 10.2. The largest absolute Gasteiger partial charge is 0.289 e. The van der Waals surface area contributed by atoms with Crippen molar-refractivity contribution < 1.29 is 4.79 Å². The number of hydrogen-bond acceptors (Lipinski definition) is 3. The monoisotopic (exact) mass is 297 g/mol. The Hall–Kier alpha value is -2.43. The molecule has 2 aromatic carbocycles. The molecule has 5 heteroatoms. The summed E-state index contributed by atoms with van der Waals surface area (Å²) in [5.74, 6) is 4.79. The molecule has 0 saturated heterocycles. The molecule has 3 N–H and O–H groups in total. The fourth-order valence-corrected chi connectivity index (χ4v) is 2.60. The van der Waals surface area contributed by atoms with Crippen LogP contribution in [0.5, 0.6) is 0 Å². The molecular weight excluding hydrogens is 286 g/mol. The molecule has 4 nitrogen and oxygen atoms in total. The van der Waals surface area contributed by atoms with Crippen LogP contribution in [0.2, 0.25) is 5.15 Å². The Morgan fingerprint density at radius 1 is 1.00 bits per heavy atom. The van der Waals surface area contributed by atoms with Gasteiger partial charge in [-0.3, -0.25) is 10.2 Å². The molecule has 1 heterocycles. The van der Waals surface area contributed by atoms with Gasteiger partial charge in [0.2, 0.25) is 0 Å². The lowest BCUT2D eigenvalue weighted by molar-refractivity contribution is 0.0949. The minimum atomic E-state index is -0.471. The van der Waals surface area contributed by atoms with Crippen molar-refractivity contribution in [3.63, 3.8) is 0 Å². The number of hydrogen-bond donors (Lipinski definition) is 2. The highest BCUT2D eigenvalue weighted by Gasteiger charge is 2.19. The van der Waals surface area contributed by atoms with Gasteiger partial charge in [0, 0.05) is 10.9 Å². The van der Waals surface area contributed by atoms with E-state index in [0.29, 0.717) is 0 Å². The van der Waals surface area contributed by atoms with Gasteiger partial charge in [-0.05, 0) is 10.9 Å². The lowest BCUT2D eigenvalue weighted by atomic mass is 9.97. The van der Waals surface area contributed by atoms with Crippen LogP contribution in [0.4, 0.5) is 0 Å². The van der Waals surface area contributed by atoms with Crippen molar-refractivity contribution >= 4 is 28.3 Å². The molecule has 0 aliphatic heterocycles. The van der Waals surface area contributed by atoms with E-state index in [1.807, 2.05) is 54.6 Å². The zero-order valence-electron chi connectivity index (χ0n) is 11.0. The Balaban J connectivity index is 2.43. The van der Waals surface area contributed by atoms with Gasteiger partial charge in [0.05, 0.1) is 0 Å². The van der Waals surface area contributed by atoms with E-state index in [1.165, 1.54) is 0 Å². The number of hydrazine groups is 1. The number of benzene rings is 2. The molecule has 0 spiro atoms. The zero-order chi connectivity index (χ0) is 14.8. The highest BCUT2D eigenvalue weighted by Crippen LogP contribution is 2.34. The number of nitrogens with one attached hydrogen (secondary N) is 1. The fourth-order valence-electron chi connectivity index (χ4n) is 2.35. The summed E-state index contributed by atoms with van der Waals surface area (Å²) in [5, 5.41) is 1.94. The second-order valence-corrected chi connectivity index (χ2v) is 4.87. The summed E-state index contributed by atoms with van der Waals surface area (Å²) < 4.78 is 0. The smallest absolute Gasteiger partial charge is 0.284 e. The van der Waals surface area contributed by atoms with Crippen molar-refractivity contribution in [1.82, 2.24) is 10.4 Å². The van der Waals surface area contributed by atoms with E-state index in [2.05, 4.69) is 10.4 Å². The molecule has 3 aromatic rings. The third-order valence-electron chi connectivity index (χ3n) is 3.27. The molecular formula is C16H12ClN3O. The highest BCUT2D eigenvalue weighted by molar-refractivity contribution is 6.35. The maximum Gasteiger partial charge on any atom is 0.284 e. The molecule has 0 atom stereocenters. The zero-order valence-corrected chi connectivity index (χ0v) is 11.8. The van der Waals surface area contributed by atoms with E-state index in [-0.39, 0.29) is 10.8 Å². The van der Waals surface area contributed by atoms with Crippen LogP contribution in [-0.2, 0) is 0 Å². The van der Waals surface area contributed by atoms with Crippen molar-refractivity contribution in [3.05, 3.63) is 65.4 Å². The molecule has 0 aliphatic rings. The van der Waals surface area contributed by atoms with E-state index in [1.54, 1.807) is 0 Å². The minimum Gasteiger partial charge on any atom is -0.289 e. The van der Waals surface area contributed by atoms with Crippen molar-refractivity contribution in [2.24, 2.45) is 5.84 Å². The van der Waals surface area contributed by atoms with Gasteiger partial charge in [-0.25, -0.2) is 10.8 Å². The van der Waals surface area contributed by atoms with Crippen molar-refractivity contribution in [2.45, 2.75) is 0 Å². The van der Waals surface area contributed by atoms with E-state index < -0.39 is 5.91 Å². The van der Waals surface area contributed by atoms with Crippen LogP contribution in [0, 0.1) is 0 Å². The molecule has 3 rings (SSSR count). The van der Waals surface area contributed by atoms with E-state index >= 15 is 0 Å². The summed E-state index contributed by atoms with van der Waals surface area (Å²) in [6.45, 7) is 0. The summed E-state index contributed by atoms with van der Waals surface area (Å²) in [6.07, 6.45) is 0. The number of aromatic nitrogens is 1. The van der Waals surface area contributed by atoms with Gasteiger partial charge in [0.1, 0.15) is 10.8 Å². The molecule has 0 radical (unpaired) electrons. The molecule has 21 heavy (non-hydrogen) atoms. The molecule has 104 valence electrons. The standard InChI is InChI=1S/C16H12ClN3O/c17-15-12-9-5-4-8-11(12)13(10-6-2-1-3-7-10)14(19-15)16(21)20-18/h1-9H,18H2,(H,20,21). The molecule has 1 aromatic heterocycles. The second kappa shape index (κ2) is 5.52. The average molecular weight is 298 g/mol. The SMILES string of the molecule is NNC(=O)c1nc(Cl)c2ccccc2c1-c1ccccc1. The molecule has 0 bridgehead atoms. The van der Waals surface area contributed by atoms with Crippen LogP contribution < -0.4 is 11.3 Å².